The maximum absolute atomic E-state index is 11.5. The van der Waals surface area contributed by atoms with Crippen LogP contribution < -0.4 is 10.6 Å². The molecule has 1 fully saturated rings. The van der Waals surface area contributed by atoms with Gasteiger partial charge in [0.1, 0.15) is 0 Å². The Labute approximate surface area is 141 Å². The Bertz CT molecular complexity index is 353. The van der Waals surface area contributed by atoms with Gasteiger partial charge in [0.2, 0.25) is 5.91 Å². The van der Waals surface area contributed by atoms with Gasteiger partial charge in [0.25, 0.3) is 0 Å². The topological polar surface area (TPSA) is 66.0 Å². The van der Waals surface area contributed by atoms with Crippen molar-refractivity contribution in [1.82, 2.24) is 15.5 Å². The first-order valence-corrected chi connectivity index (χ1v) is 9.02. The quantitative estimate of drug-likeness (QED) is 0.384. The van der Waals surface area contributed by atoms with Gasteiger partial charge in [0.15, 0.2) is 5.96 Å². The summed E-state index contributed by atoms with van der Waals surface area (Å²) in [7, 11) is 1.70. The molecule has 0 aromatic rings. The van der Waals surface area contributed by atoms with E-state index in [1.807, 2.05) is 0 Å². The average Bonchev–Trinajstić information content (AvgIpc) is 2.57. The number of rotatable bonds is 9. The maximum Gasteiger partial charge on any atom is 0.220 e. The number of ether oxygens (including phenoxy) is 1. The van der Waals surface area contributed by atoms with Gasteiger partial charge in [-0.05, 0) is 32.1 Å². The first kappa shape index (κ1) is 19.7. The molecule has 0 aliphatic carbocycles. The number of nitrogens with zero attached hydrogens (tertiary/aromatic N) is 2. The molecule has 1 saturated heterocycles. The molecule has 0 atom stereocenters. The van der Waals surface area contributed by atoms with Crippen molar-refractivity contribution >= 4 is 11.9 Å². The van der Waals surface area contributed by atoms with E-state index in [2.05, 4.69) is 34.4 Å². The van der Waals surface area contributed by atoms with Crippen molar-refractivity contribution < 1.29 is 9.53 Å². The minimum atomic E-state index is 0.147. The molecule has 1 amide bonds. The van der Waals surface area contributed by atoms with Crippen molar-refractivity contribution in [2.24, 2.45) is 10.9 Å². The minimum Gasteiger partial charge on any atom is -0.380 e. The molecule has 1 aliphatic rings. The van der Waals surface area contributed by atoms with Crippen LogP contribution in [-0.4, -0.2) is 63.2 Å². The van der Waals surface area contributed by atoms with Gasteiger partial charge in [0, 0.05) is 39.7 Å². The number of likely N-dealkylation sites (tertiary alicyclic amines) is 1. The summed E-state index contributed by atoms with van der Waals surface area (Å²) in [5.74, 6) is 1.62. The summed E-state index contributed by atoms with van der Waals surface area (Å²) in [5, 5.41) is 6.08. The number of guanidine groups is 1. The number of nitrogens with one attached hydrogen (secondary N) is 2. The van der Waals surface area contributed by atoms with Crippen molar-refractivity contribution in [3.05, 3.63) is 0 Å². The average molecular weight is 326 g/mol. The zero-order valence-corrected chi connectivity index (χ0v) is 15.1. The van der Waals surface area contributed by atoms with E-state index in [0.29, 0.717) is 25.5 Å². The SMILES string of the molecule is CCCCOCCN=C(NCC)N1CCC(CC(=O)NC)CC1. The van der Waals surface area contributed by atoms with Crippen LogP contribution in [0, 0.1) is 5.92 Å². The summed E-state index contributed by atoms with van der Waals surface area (Å²) in [6.45, 7) is 9.26. The Balaban J connectivity index is 2.35. The molecular weight excluding hydrogens is 292 g/mol. The number of hydrogen-bond acceptors (Lipinski definition) is 3. The molecule has 1 rings (SSSR count). The van der Waals surface area contributed by atoms with Crippen LogP contribution in [0.25, 0.3) is 0 Å². The molecule has 0 spiro atoms. The van der Waals surface area contributed by atoms with Gasteiger partial charge in [-0.1, -0.05) is 13.3 Å². The van der Waals surface area contributed by atoms with Crippen LogP contribution in [0.4, 0.5) is 0 Å². The lowest BCUT2D eigenvalue weighted by Gasteiger charge is -2.34. The summed E-state index contributed by atoms with van der Waals surface area (Å²) < 4.78 is 5.57. The Hall–Kier alpha value is -1.30. The van der Waals surface area contributed by atoms with Gasteiger partial charge < -0.3 is 20.3 Å². The highest BCUT2D eigenvalue weighted by atomic mass is 16.5. The molecule has 0 radical (unpaired) electrons. The van der Waals surface area contributed by atoms with Crippen molar-refractivity contribution in [2.45, 2.75) is 46.0 Å². The van der Waals surface area contributed by atoms with Crippen LogP contribution in [0.15, 0.2) is 4.99 Å². The Morgan fingerprint density at radius 3 is 2.61 bits per heavy atom. The zero-order valence-electron chi connectivity index (χ0n) is 15.1. The Kier molecular flexibility index (Phi) is 10.4. The number of piperidine rings is 1. The third-order valence-electron chi connectivity index (χ3n) is 4.14. The summed E-state index contributed by atoms with van der Waals surface area (Å²) in [6, 6.07) is 0. The lowest BCUT2D eigenvalue weighted by atomic mass is 9.93. The second kappa shape index (κ2) is 12.2. The van der Waals surface area contributed by atoms with E-state index >= 15 is 0 Å². The lowest BCUT2D eigenvalue weighted by Crippen LogP contribution is -2.46. The molecular formula is C17H34N4O2. The van der Waals surface area contributed by atoms with Gasteiger partial charge in [-0.25, -0.2) is 0 Å². The summed E-state index contributed by atoms with van der Waals surface area (Å²) in [5.41, 5.74) is 0. The molecule has 0 aromatic carbocycles. The fourth-order valence-corrected chi connectivity index (χ4v) is 2.70. The number of carbonyl (C=O) groups is 1. The molecule has 2 N–H and O–H groups in total. The second-order valence-electron chi connectivity index (χ2n) is 6.01. The van der Waals surface area contributed by atoms with E-state index in [9.17, 15) is 4.79 Å². The highest BCUT2D eigenvalue weighted by molar-refractivity contribution is 5.80. The summed E-state index contributed by atoms with van der Waals surface area (Å²) >= 11 is 0. The maximum atomic E-state index is 11.5. The van der Waals surface area contributed by atoms with Crippen molar-refractivity contribution in [2.75, 3.05) is 46.4 Å². The summed E-state index contributed by atoms with van der Waals surface area (Å²) in [4.78, 5) is 18.4. The molecule has 1 heterocycles. The van der Waals surface area contributed by atoms with E-state index < -0.39 is 0 Å². The molecule has 0 unspecified atom stereocenters. The lowest BCUT2D eigenvalue weighted by molar-refractivity contribution is -0.121. The molecule has 0 saturated carbocycles. The van der Waals surface area contributed by atoms with Gasteiger partial charge in [-0.2, -0.15) is 0 Å². The predicted molar refractivity (Wildman–Crippen MR) is 94.7 cm³/mol. The van der Waals surface area contributed by atoms with Crippen LogP contribution >= 0.6 is 0 Å². The fraction of sp³-hybridized carbons (Fsp3) is 0.882. The number of aliphatic imine (C=N–C) groups is 1. The number of amides is 1. The van der Waals surface area contributed by atoms with Crippen LogP contribution in [-0.2, 0) is 9.53 Å². The van der Waals surface area contributed by atoms with Gasteiger partial charge in [-0.3, -0.25) is 9.79 Å². The van der Waals surface area contributed by atoms with Crippen LogP contribution in [0.3, 0.4) is 0 Å². The molecule has 23 heavy (non-hydrogen) atoms. The van der Waals surface area contributed by atoms with Crippen LogP contribution in [0.2, 0.25) is 0 Å². The van der Waals surface area contributed by atoms with E-state index in [4.69, 9.17) is 4.74 Å². The van der Waals surface area contributed by atoms with Crippen molar-refractivity contribution in [3.63, 3.8) is 0 Å². The van der Waals surface area contributed by atoms with Crippen LogP contribution in [0.1, 0.15) is 46.0 Å². The normalized spacial score (nSPS) is 16.5. The van der Waals surface area contributed by atoms with E-state index in [0.717, 1.165) is 57.9 Å². The number of unbranched alkanes of at least 4 members (excludes halogenated alkanes) is 1. The van der Waals surface area contributed by atoms with Crippen molar-refractivity contribution in [3.8, 4) is 0 Å². The molecule has 6 heteroatoms. The summed E-state index contributed by atoms with van der Waals surface area (Å²) in [6.07, 6.45) is 5.01. The van der Waals surface area contributed by atoms with E-state index in [-0.39, 0.29) is 5.91 Å². The van der Waals surface area contributed by atoms with E-state index in [1.54, 1.807) is 7.05 Å². The second-order valence-corrected chi connectivity index (χ2v) is 6.01. The molecule has 134 valence electrons. The molecule has 0 aromatic heterocycles. The monoisotopic (exact) mass is 326 g/mol. The van der Waals surface area contributed by atoms with Gasteiger partial charge >= 0.3 is 0 Å². The van der Waals surface area contributed by atoms with Crippen LogP contribution in [0.5, 0.6) is 0 Å². The molecule has 1 aliphatic heterocycles. The Morgan fingerprint density at radius 2 is 2.00 bits per heavy atom. The Morgan fingerprint density at radius 1 is 1.26 bits per heavy atom. The highest BCUT2D eigenvalue weighted by Crippen LogP contribution is 2.20. The molecule has 0 bridgehead atoms. The predicted octanol–water partition coefficient (Wildman–Crippen LogP) is 1.62. The first-order chi connectivity index (χ1) is 11.2. The largest absolute Gasteiger partial charge is 0.380 e. The van der Waals surface area contributed by atoms with Gasteiger partial charge in [0.05, 0.1) is 13.2 Å². The van der Waals surface area contributed by atoms with E-state index in [1.165, 1.54) is 0 Å². The third-order valence-corrected chi connectivity index (χ3v) is 4.14. The fourth-order valence-electron chi connectivity index (χ4n) is 2.70. The van der Waals surface area contributed by atoms with Gasteiger partial charge in [-0.15, -0.1) is 0 Å². The number of carbonyl (C=O) groups excluding carboxylic acids is 1. The third kappa shape index (κ3) is 8.21. The first-order valence-electron chi connectivity index (χ1n) is 9.02. The minimum absolute atomic E-state index is 0.147. The molecule has 6 nitrogen and oxygen atoms in total. The standard InChI is InChI=1S/C17H34N4O2/c1-4-6-12-23-13-9-20-17(19-5-2)21-10-7-15(8-11-21)14-16(22)18-3/h15H,4-14H2,1-3H3,(H,18,22)(H,19,20). The highest BCUT2D eigenvalue weighted by Gasteiger charge is 2.22. The number of hydrogen-bond donors (Lipinski definition) is 2. The van der Waals surface area contributed by atoms with Crippen molar-refractivity contribution in [1.29, 1.82) is 0 Å². The zero-order chi connectivity index (χ0) is 16.9. The smallest absolute Gasteiger partial charge is 0.220 e.